The number of aromatic nitrogens is 1. The maximum absolute atomic E-state index is 11.2. The second kappa shape index (κ2) is 3.73. The van der Waals surface area contributed by atoms with Crippen molar-refractivity contribution in [1.29, 1.82) is 0 Å². The molecule has 1 aromatic heterocycles. The molecule has 0 amide bonds. The van der Waals surface area contributed by atoms with Gasteiger partial charge in [0.1, 0.15) is 0 Å². The van der Waals surface area contributed by atoms with Gasteiger partial charge in [0.25, 0.3) is 0 Å². The van der Waals surface area contributed by atoms with Crippen molar-refractivity contribution < 1.29 is 0 Å². The van der Waals surface area contributed by atoms with E-state index in [-0.39, 0.29) is 5.43 Å². The van der Waals surface area contributed by atoms with Gasteiger partial charge in [0, 0.05) is 29.6 Å². The highest BCUT2D eigenvalue weighted by atomic mass is 16.1. The number of hydrogen-bond acceptors (Lipinski definition) is 1. The lowest BCUT2D eigenvalue weighted by Crippen LogP contribution is -1.98. The fourth-order valence-corrected chi connectivity index (χ4v) is 1.72. The van der Waals surface area contributed by atoms with Crippen LogP contribution in [0.2, 0.25) is 0 Å². The Hall–Kier alpha value is -1.83. The van der Waals surface area contributed by atoms with Crippen molar-refractivity contribution in [2.24, 2.45) is 0 Å². The summed E-state index contributed by atoms with van der Waals surface area (Å²) in [5.74, 6) is 0. The number of nitrogens with one attached hydrogen (secondary N) is 1. The smallest absolute Gasteiger partial charge is 0.182 e. The van der Waals surface area contributed by atoms with E-state index in [4.69, 9.17) is 0 Å². The van der Waals surface area contributed by atoms with Crippen LogP contribution in [0.3, 0.4) is 0 Å². The molecular formula is C13H13NO. The molecule has 0 radical (unpaired) electrons. The van der Waals surface area contributed by atoms with Crippen molar-refractivity contribution in [3.8, 4) is 11.3 Å². The first-order valence-corrected chi connectivity index (χ1v) is 4.93. The molecule has 2 rings (SSSR count). The number of hydrogen-bond donors (Lipinski definition) is 1. The van der Waals surface area contributed by atoms with E-state index < -0.39 is 0 Å². The molecule has 0 aliphatic heterocycles. The highest BCUT2D eigenvalue weighted by Gasteiger charge is 2.02. The lowest BCUT2D eigenvalue weighted by molar-refractivity contribution is 1.28. The van der Waals surface area contributed by atoms with Gasteiger partial charge in [-0.2, -0.15) is 0 Å². The molecule has 0 aliphatic carbocycles. The summed E-state index contributed by atoms with van der Waals surface area (Å²) in [5, 5.41) is 0. The van der Waals surface area contributed by atoms with E-state index in [0.717, 1.165) is 11.3 Å². The van der Waals surface area contributed by atoms with E-state index in [1.165, 1.54) is 17.2 Å². The maximum atomic E-state index is 11.2. The summed E-state index contributed by atoms with van der Waals surface area (Å²) < 4.78 is 0. The number of rotatable bonds is 1. The molecule has 0 spiro atoms. The maximum Gasteiger partial charge on any atom is 0.182 e. The SMILES string of the molecule is Cc1ccc(-c2cc(=O)cc[nH]2)c(C)c1. The quantitative estimate of drug-likeness (QED) is 0.752. The summed E-state index contributed by atoms with van der Waals surface area (Å²) in [6.07, 6.45) is 1.68. The van der Waals surface area contributed by atoms with Gasteiger partial charge in [-0.3, -0.25) is 4.79 Å². The second-order valence-corrected chi connectivity index (χ2v) is 3.76. The summed E-state index contributed by atoms with van der Waals surface area (Å²) in [5.41, 5.74) is 4.40. The third kappa shape index (κ3) is 1.99. The van der Waals surface area contributed by atoms with Gasteiger partial charge in [0.2, 0.25) is 0 Å². The highest BCUT2D eigenvalue weighted by Crippen LogP contribution is 2.20. The molecule has 76 valence electrons. The molecule has 0 fully saturated rings. The van der Waals surface area contributed by atoms with Crippen molar-refractivity contribution >= 4 is 0 Å². The van der Waals surface area contributed by atoms with E-state index >= 15 is 0 Å². The molecule has 0 bridgehead atoms. The summed E-state index contributed by atoms with van der Waals surface area (Å²) in [6.45, 7) is 4.11. The van der Waals surface area contributed by atoms with E-state index in [1.54, 1.807) is 12.3 Å². The van der Waals surface area contributed by atoms with Crippen LogP contribution in [0.4, 0.5) is 0 Å². The number of aryl methyl sites for hydroxylation is 2. The first-order chi connectivity index (χ1) is 7.16. The predicted molar refractivity (Wildman–Crippen MR) is 62.0 cm³/mol. The van der Waals surface area contributed by atoms with Gasteiger partial charge in [-0.05, 0) is 19.4 Å². The lowest BCUT2D eigenvalue weighted by atomic mass is 10.0. The van der Waals surface area contributed by atoms with Gasteiger partial charge in [0.05, 0.1) is 0 Å². The fraction of sp³-hybridized carbons (Fsp3) is 0.154. The Balaban J connectivity index is 2.59. The van der Waals surface area contributed by atoms with Crippen molar-refractivity contribution in [2.75, 3.05) is 0 Å². The molecule has 1 heterocycles. The Morgan fingerprint density at radius 3 is 2.53 bits per heavy atom. The normalized spacial score (nSPS) is 10.3. The minimum absolute atomic E-state index is 0.0312. The zero-order chi connectivity index (χ0) is 10.8. The van der Waals surface area contributed by atoms with Gasteiger partial charge >= 0.3 is 0 Å². The van der Waals surface area contributed by atoms with Crippen molar-refractivity contribution in [3.63, 3.8) is 0 Å². The fourth-order valence-electron chi connectivity index (χ4n) is 1.72. The molecular weight excluding hydrogens is 186 g/mol. The highest BCUT2D eigenvalue weighted by molar-refractivity contribution is 5.63. The van der Waals surface area contributed by atoms with Crippen LogP contribution in [-0.2, 0) is 0 Å². The van der Waals surface area contributed by atoms with Crippen LogP contribution in [0.1, 0.15) is 11.1 Å². The van der Waals surface area contributed by atoms with E-state index in [0.29, 0.717) is 0 Å². The van der Waals surface area contributed by atoms with Crippen LogP contribution in [0.15, 0.2) is 41.3 Å². The van der Waals surface area contributed by atoms with Crippen LogP contribution in [-0.4, -0.2) is 4.98 Å². The van der Waals surface area contributed by atoms with E-state index in [1.807, 2.05) is 19.1 Å². The topological polar surface area (TPSA) is 32.9 Å². The minimum atomic E-state index is 0.0312. The zero-order valence-electron chi connectivity index (χ0n) is 8.87. The van der Waals surface area contributed by atoms with Crippen LogP contribution in [0.5, 0.6) is 0 Å². The largest absolute Gasteiger partial charge is 0.361 e. The number of benzene rings is 1. The lowest BCUT2D eigenvalue weighted by Gasteiger charge is -2.06. The second-order valence-electron chi connectivity index (χ2n) is 3.76. The first kappa shape index (κ1) is 9.71. The number of pyridine rings is 1. The van der Waals surface area contributed by atoms with Gasteiger partial charge in [0.15, 0.2) is 5.43 Å². The van der Waals surface area contributed by atoms with Gasteiger partial charge in [-0.25, -0.2) is 0 Å². The van der Waals surface area contributed by atoms with E-state index in [2.05, 4.69) is 18.0 Å². The van der Waals surface area contributed by atoms with Gasteiger partial charge in [-0.15, -0.1) is 0 Å². The molecule has 0 aliphatic rings. The zero-order valence-corrected chi connectivity index (χ0v) is 8.87. The van der Waals surface area contributed by atoms with Gasteiger partial charge < -0.3 is 4.98 Å². The number of H-pyrrole nitrogens is 1. The first-order valence-electron chi connectivity index (χ1n) is 4.93. The molecule has 15 heavy (non-hydrogen) atoms. The average molecular weight is 199 g/mol. The Morgan fingerprint density at radius 1 is 1.07 bits per heavy atom. The summed E-state index contributed by atoms with van der Waals surface area (Å²) in [4.78, 5) is 14.3. The van der Waals surface area contributed by atoms with E-state index in [9.17, 15) is 4.79 Å². The summed E-state index contributed by atoms with van der Waals surface area (Å²) >= 11 is 0. The monoisotopic (exact) mass is 199 g/mol. The molecule has 0 saturated carbocycles. The molecule has 1 N–H and O–H groups in total. The standard InChI is InChI=1S/C13H13NO/c1-9-3-4-12(10(2)7-9)13-8-11(15)5-6-14-13/h3-8H,1-2H3,(H,14,15). The molecule has 0 saturated heterocycles. The van der Waals surface area contributed by atoms with Crippen LogP contribution >= 0.6 is 0 Å². The Bertz CT molecular complexity index is 540. The van der Waals surface area contributed by atoms with Gasteiger partial charge in [-0.1, -0.05) is 23.8 Å². The molecule has 0 atom stereocenters. The third-order valence-electron chi connectivity index (χ3n) is 2.45. The molecule has 1 aromatic carbocycles. The third-order valence-corrected chi connectivity index (χ3v) is 2.45. The Labute approximate surface area is 88.6 Å². The van der Waals surface area contributed by atoms with Crippen molar-refractivity contribution in [2.45, 2.75) is 13.8 Å². The molecule has 2 aromatic rings. The van der Waals surface area contributed by atoms with Crippen LogP contribution in [0.25, 0.3) is 11.3 Å². The minimum Gasteiger partial charge on any atom is -0.361 e. The number of aromatic amines is 1. The van der Waals surface area contributed by atoms with Crippen LogP contribution in [0, 0.1) is 13.8 Å². The molecule has 2 nitrogen and oxygen atoms in total. The Kier molecular flexibility index (Phi) is 2.42. The molecule has 0 unspecified atom stereocenters. The molecule has 2 heteroatoms. The summed E-state index contributed by atoms with van der Waals surface area (Å²) in [7, 11) is 0. The van der Waals surface area contributed by atoms with Crippen molar-refractivity contribution in [3.05, 3.63) is 57.9 Å². The predicted octanol–water partition coefficient (Wildman–Crippen LogP) is 2.66. The average Bonchev–Trinajstić information content (AvgIpc) is 2.17. The Morgan fingerprint density at radius 2 is 1.87 bits per heavy atom. The van der Waals surface area contributed by atoms with Crippen LogP contribution < -0.4 is 5.43 Å². The van der Waals surface area contributed by atoms with Crippen molar-refractivity contribution in [1.82, 2.24) is 4.98 Å². The summed E-state index contributed by atoms with van der Waals surface area (Å²) in [6, 6.07) is 9.34.